The molecule has 0 fully saturated rings. The highest BCUT2D eigenvalue weighted by Crippen LogP contribution is 2.45. The summed E-state index contributed by atoms with van der Waals surface area (Å²) in [5.74, 6) is -2.12. The highest BCUT2D eigenvalue weighted by molar-refractivity contribution is 7.47. The first-order valence-corrected chi connectivity index (χ1v) is 45.3. The van der Waals surface area contributed by atoms with Crippen molar-refractivity contribution in [3.8, 4) is 0 Å². The van der Waals surface area contributed by atoms with Gasteiger partial charge >= 0.3 is 39.5 Å². The molecule has 0 saturated heterocycles. The molecule has 5 atom stereocenters. The zero-order valence-corrected chi connectivity index (χ0v) is 67.0. The molecule has 0 aliphatic carbocycles. The Kier molecular flexibility index (Phi) is 73.8. The SMILES string of the molecule is CCCCCCCCCCCCCCCCCCCCCCCCC(=O)O[C@H](COC(=O)CCCCCCCCCCCCCCCCCCCCCCC)COP(=O)(O)OC[C@@H](O)COP(=O)(O)OC[C@@H](COC(=O)CCCCCCC)OC(=O)CCCCCCCCCCCCCC. The first-order chi connectivity index (χ1) is 48.7. The molecule has 3 N–H and O–H groups in total. The van der Waals surface area contributed by atoms with Crippen molar-refractivity contribution in [2.75, 3.05) is 39.6 Å². The van der Waals surface area contributed by atoms with Crippen LogP contribution in [0.1, 0.15) is 439 Å². The third kappa shape index (κ3) is 74.3. The Bertz CT molecular complexity index is 1890. The van der Waals surface area contributed by atoms with Crippen LogP contribution in [0.25, 0.3) is 0 Å². The summed E-state index contributed by atoms with van der Waals surface area (Å²) in [7, 11) is -9.90. The average Bonchev–Trinajstić information content (AvgIpc) is 0.955. The molecule has 0 heterocycles. The molecule has 100 heavy (non-hydrogen) atoms. The van der Waals surface area contributed by atoms with Crippen molar-refractivity contribution in [2.24, 2.45) is 0 Å². The van der Waals surface area contributed by atoms with Crippen molar-refractivity contribution >= 4 is 39.5 Å². The number of aliphatic hydroxyl groups is 1. The maximum absolute atomic E-state index is 13.1. The standard InChI is InChI=1S/C81H158O17P2/c1-5-9-13-17-20-23-26-29-31-33-35-37-39-41-43-45-47-50-53-56-60-64-68-81(86)98-77(72-92-79(84)66-62-58-54-51-49-46-44-42-40-38-36-34-32-30-27-24-21-18-14-10-6-2)74-96-100(89,90)94-70-75(82)69-93-99(87,88)95-73-76(71-91-78(83)65-61-57-16-12-8-4)97-80(85)67-63-59-55-52-48-28-25-22-19-15-11-7-3/h75-77,82H,5-74H2,1-4H3,(H,87,88)(H,89,90)/t75-,76+,77+/m0/s1. The molecule has 0 aromatic rings. The Morgan fingerprint density at radius 2 is 0.400 bits per heavy atom. The Morgan fingerprint density at radius 1 is 0.240 bits per heavy atom. The molecule has 0 rings (SSSR count). The van der Waals surface area contributed by atoms with Gasteiger partial charge in [0.2, 0.25) is 0 Å². The largest absolute Gasteiger partial charge is 0.472 e. The van der Waals surface area contributed by atoms with Crippen molar-refractivity contribution < 1.29 is 80.2 Å². The summed E-state index contributed by atoms with van der Waals surface area (Å²) in [5, 5.41) is 10.6. The third-order valence-corrected chi connectivity index (χ3v) is 21.0. The summed E-state index contributed by atoms with van der Waals surface area (Å²) in [5.41, 5.74) is 0. The molecule has 17 nitrogen and oxygen atoms in total. The van der Waals surface area contributed by atoms with Gasteiger partial charge in [0.25, 0.3) is 0 Å². The Balaban J connectivity index is 5.09. The topological polar surface area (TPSA) is 237 Å². The van der Waals surface area contributed by atoms with Gasteiger partial charge in [-0.1, -0.05) is 387 Å². The monoisotopic (exact) mass is 1470 g/mol. The number of unbranched alkanes of at least 4 members (excludes halogenated alkanes) is 56. The van der Waals surface area contributed by atoms with E-state index in [1.807, 2.05) is 0 Å². The summed E-state index contributed by atoms with van der Waals surface area (Å²) < 4.78 is 68.4. The maximum Gasteiger partial charge on any atom is 0.472 e. The van der Waals surface area contributed by atoms with Crippen LogP contribution in [0.5, 0.6) is 0 Å². The van der Waals surface area contributed by atoms with Crippen molar-refractivity contribution in [1.29, 1.82) is 0 Å². The second-order valence-electron chi connectivity index (χ2n) is 29.2. The van der Waals surface area contributed by atoms with E-state index in [4.69, 9.17) is 37.0 Å². The predicted molar refractivity (Wildman–Crippen MR) is 409 cm³/mol. The molecule has 594 valence electrons. The minimum atomic E-state index is -4.96. The van der Waals surface area contributed by atoms with Gasteiger partial charge in [0.15, 0.2) is 12.2 Å². The summed E-state index contributed by atoms with van der Waals surface area (Å²) in [4.78, 5) is 72.6. The molecule has 0 amide bonds. The van der Waals surface area contributed by atoms with Gasteiger partial charge in [0.05, 0.1) is 26.4 Å². The maximum atomic E-state index is 13.1. The molecular formula is C81H158O17P2. The van der Waals surface area contributed by atoms with Crippen LogP contribution in [0.15, 0.2) is 0 Å². The zero-order chi connectivity index (χ0) is 73.2. The van der Waals surface area contributed by atoms with Gasteiger partial charge in [0, 0.05) is 25.7 Å². The molecule has 0 aliphatic heterocycles. The van der Waals surface area contributed by atoms with Gasteiger partial charge in [-0.2, -0.15) is 0 Å². The normalized spacial score (nSPS) is 13.8. The first-order valence-electron chi connectivity index (χ1n) is 42.3. The van der Waals surface area contributed by atoms with E-state index < -0.39 is 97.5 Å². The highest BCUT2D eigenvalue weighted by Gasteiger charge is 2.30. The van der Waals surface area contributed by atoms with E-state index in [1.165, 1.54) is 263 Å². The highest BCUT2D eigenvalue weighted by atomic mass is 31.2. The quantitative estimate of drug-likeness (QED) is 0.0222. The average molecular weight is 1470 g/mol. The number of carbonyl (C=O) groups excluding carboxylic acids is 4. The molecule has 0 radical (unpaired) electrons. The number of hydrogen-bond donors (Lipinski definition) is 3. The number of aliphatic hydroxyl groups excluding tert-OH is 1. The number of phosphoric ester groups is 2. The fraction of sp³-hybridized carbons (Fsp3) is 0.951. The summed E-state index contributed by atoms with van der Waals surface area (Å²) in [6, 6.07) is 0. The fourth-order valence-electron chi connectivity index (χ4n) is 12.6. The number of rotatable bonds is 82. The van der Waals surface area contributed by atoms with Crippen LogP contribution >= 0.6 is 15.6 Å². The minimum Gasteiger partial charge on any atom is -0.462 e. The van der Waals surface area contributed by atoms with E-state index in [9.17, 15) is 43.2 Å². The van der Waals surface area contributed by atoms with E-state index in [0.29, 0.717) is 25.7 Å². The lowest BCUT2D eigenvalue weighted by Crippen LogP contribution is -2.30. The van der Waals surface area contributed by atoms with Crippen molar-refractivity contribution in [1.82, 2.24) is 0 Å². The summed E-state index contributed by atoms with van der Waals surface area (Å²) >= 11 is 0. The molecule has 19 heteroatoms. The summed E-state index contributed by atoms with van der Waals surface area (Å²) in [6.45, 7) is 4.92. The van der Waals surface area contributed by atoms with Crippen LogP contribution in [0, 0.1) is 0 Å². The van der Waals surface area contributed by atoms with Crippen LogP contribution in [-0.2, 0) is 65.4 Å². The van der Waals surface area contributed by atoms with Crippen molar-refractivity contribution in [3.63, 3.8) is 0 Å². The van der Waals surface area contributed by atoms with Crippen molar-refractivity contribution in [2.45, 2.75) is 457 Å². The van der Waals surface area contributed by atoms with E-state index in [-0.39, 0.29) is 25.7 Å². The second-order valence-corrected chi connectivity index (χ2v) is 32.1. The predicted octanol–water partition coefficient (Wildman–Crippen LogP) is 24.6. The Morgan fingerprint density at radius 3 is 0.590 bits per heavy atom. The molecular weight excluding hydrogens is 1310 g/mol. The van der Waals surface area contributed by atoms with Gasteiger partial charge in [0.1, 0.15) is 19.3 Å². The van der Waals surface area contributed by atoms with Gasteiger partial charge in [-0.3, -0.25) is 37.3 Å². The number of carbonyl (C=O) groups is 4. The van der Waals surface area contributed by atoms with Gasteiger partial charge in [-0.15, -0.1) is 0 Å². The molecule has 2 unspecified atom stereocenters. The lowest BCUT2D eigenvalue weighted by molar-refractivity contribution is -0.161. The number of ether oxygens (including phenoxy) is 4. The zero-order valence-electron chi connectivity index (χ0n) is 65.2. The van der Waals surface area contributed by atoms with Crippen LogP contribution in [0.2, 0.25) is 0 Å². The molecule has 0 aromatic heterocycles. The van der Waals surface area contributed by atoms with Crippen LogP contribution in [0.4, 0.5) is 0 Å². The number of phosphoric acid groups is 2. The Hall–Kier alpha value is -1.94. The van der Waals surface area contributed by atoms with Crippen LogP contribution in [0.3, 0.4) is 0 Å². The van der Waals surface area contributed by atoms with Gasteiger partial charge in [-0.05, 0) is 25.7 Å². The van der Waals surface area contributed by atoms with Crippen LogP contribution in [-0.4, -0.2) is 96.7 Å². The summed E-state index contributed by atoms with van der Waals surface area (Å²) in [6.07, 6.45) is 68.7. The molecule has 0 aromatic carbocycles. The first kappa shape index (κ1) is 98.1. The van der Waals surface area contributed by atoms with E-state index in [2.05, 4.69) is 27.7 Å². The number of hydrogen-bond acceptors (Lipinski definition) is 15. The third-order valence-electron chi connectivity index (χ3n) is 19.1. The lowest BCUT2D eigenvalue weighted by Gasteiger charge is -2.21. The minimum absolute atomic E-state index is 0.107. The van der Waals surface area contributed by atoms with Gasteiger partial charge < -0.3 is 33.8 Å². The molecule has 0 bridgehead atoms. The van der Waals surface area contributed by atoms with E-state index in [1.54, 1.807) is 0 Å². The smallest absolute Gasteiger partial charge is 0.462 e. The molecule has 0 aliphatic rings. The van der Waals surface area contributed by atoms with Gasteiger partial charge in [-0.25, -0.2) is 9.13 Å². The lowest BCUT2D eigenvalue weighted by atomic mass is 10.0. The van der Waals surface area contributed by atoms with Crippen LogP contribution < -0.4 is 0 Å². The molecule has 0 saturated carbocycles. The van der Waals surface area contributed by atoms with E-state index >= 15 is 0 Å². The molecule has 0 spiro atoms. The van der Waals surface area contributed by atoms with E-state index in [0.717, 1.165) is 96.3 Å². The second kappa shape index (κ2) is 75.3. The van der Waals surface area contributed by atoms with Crippen molar-refractivity contribution in [3.05, 3.63) is 0 Å². The Labute approximate surface area is 613 Å². The fourth-order valence-corrected chi connectivity index (χ4v) is 14.2. The number of esters is 4.